The fourth-order valence-corrected chi connectivity index (χ4v) is 7.90. The van der Waals surface area contributed by atoms with Gasteiger partial charge in [-0.1, -0.05) is 152 Å². The number of hydrogen-bond acceptors (Lipinski definition) is 3. The summed E-state index contributed by atoms with van der Waals surface area (Å²) >= 11 is 0. The van der Waals surface area contributed by atoms with Crippen LogP contribution in [0.5, 0.6) is 0 Å². The van der Waals surface area contributed by atoms with Crippen molar-refractivity contribution < 1.29 is 0 Å². The average molecular weight is 660 g/mol. The number of hydrogen-bond donors (Lipinski definition) is 0. The number of nitrogens with zero attached hydrogens (tertiary/aromatic N) is 3. The second-order valence-corrected chi connectivity index (χ2v) is 13.2. The molecular weight excluding hydrogens is 631 g/mol. The molecule has 0 radical (unpaired) electrons. The highest BCUT2D eigenvalue weighted by Gasteiger charge is 2.25. The van der Waals surface area contributed by atoms with Gasteiger partial charge in [-0.2, -0.15) is 5.26 Å². The van der Waals surface area contributed by atoms with E-state index in [-0.39, 0.29) is 0 Å². The minimum absolute atomic E-state index is 0.651. The van der Waals surface area contributed by atoms with Gasteiger partial charge in [-0.05, 0) is 90.3 Å². The fourth-order valence-electron chi connectivity index (χ4n) is 7.90. The van der Waals surface area contributed by atoms with Crippen molar-refractivity contribution in [1.29, 1.82) is 5.26 Å². The molecule has 0 aliphatic heterocycles. The van der Waals surface area contributed by atoms with Crippen LogP contribution in [0.15, 0.2) is 176 Å². The van der Waals surface area contributed by atoms with Gasteiger partial charge in [0.25, 0.3) is 0 Å². The van der Waals surface area contributed by atoms with Gasteiger partial charge in [0, 0.05) is 16.7 Å². The maximum absolute atomic E-state index is 9.54. The van der Waals surface area contributed by atoms with Gasteiger partial charge in [0.1, 0.15) is 0 Å². The first-order valence-corrected chi connectivity index (χ1v) is 17.5. The Balaban J connectivity index is 1.23. The maximum Gasteiger partial charge on any atom is 0.161 e. The summed E-state index contributed by atoms with van der Waals surface area (Å²) in [5, 5.41) is 14.2. The largest absolute Gasteiger partial charge is 0.228 e. The molecule has 0 bridgehead atoms. The molecule has 0 amide bonds. The average Bonchev–Trinajstić information content (AvgIpc) is 3.55. The van der Waals surface area contributed by atoms with Crippen molar-refractivity contribution in [3.63, 3.8) is 0 Å². The van der Waals surface area contributed by atoms with Crippen molar-refractivity contribution in [1.82, 2.24) is 9.97 Å². The monoisotopic (exact) mass is 659 g/mol. The van der Waals surface area contributed by atoms with Gasteiger partial charge >= 0.3 is 0 Å². The van der Waals surface area contributed by atoms with Crippen molar-refractivity contribution in [2.75, 3.05) is 0 Å². The highest BCUT2D eigenvalue weighted by atomic mass is 14.9. The Bertz CT molecular complexity index is 2800. The molecule has 0 N–H and O–H groups in total. The quantitative estimate of drug-likeness (QED) is 0.185. The zero-order valence-corrected chi connectivity index (χ0v) is 28.1. The Morgan fingerprint density at radius 3 is 1.37 bits per heavy atom. The van der Waals surface area contributed by atoms with E-state index in [1.807, 2.05) is 48.5 Å². The molecule has 0 unspecified atom stereocenters. The maximum atomic E-state index is 9.54. The van der Waals surface area contributed by atoms with Crippen molar-refractivity contribution >= 4 is 21.5 Å². The Hall–Kier alpha value is -7.15. The molecule has 8 aromatic carbocycles. The molecule has 10 rings (SSSR count). The van der Waals surface area contributed by atoms with Gasteiger partial charge in [-0.3, -0.25) is 0 Å². The Morgan fingerprint density at radius 2 is 0.788 bits per heavy atom. The molecule has 52 heavy (non-hydrogen) atoms. The van der Waals surface area contributed by atoms with Crippen LogP contribution < -0.4 is 0 Å². The second-order valence-electron chi connectivity index (χ2n) is 13.2. The van der Waals surface area contributed by atoms with Crippen LogP contribution >= 0.6 is 0 Å². The van der Waals surface area contributed by atoms with E-state index in [0.717, 1.165) is 55.5 Å². The molecular formula is C49H29N3. The standard InChI is InChI=1S/C49H29N3/c50-30-31-19-21-32(22-20-31)35-23-25-41-37-16-8-9-17-38(37)42-26-27-43(47(35)48(41)42)40-24-28-44(39-18-10-7-15-36(39)40)49-51-45(33-11-3-1-4-12-33)29-46(52-49)34-13-5-2-6-14-34/h1-29H. The zero-order chi connectivity index (χ0) is 34.6. The summed E-state index contributed by atoms with van der Waals surface area (Å²) < 4.78 is 0. The zero-order valence-electron chi connectivity index (χ0n) is 28.1. The smallest absolute Gasteiger partial charge is 0.161 e. The van der Waals surface area contributed by atoms with Crippen LogP contribution in [0.4, 0.5) is 0 Å². The van der Waals surface area contributed by atoms with Crippen LogP contribution in [0, 0.1) is 11.3 Å². The normalized spacial score (nSPS) is 11.4. The SMILES string of the molecule is N#Cc1ccc(-c2ccc3c4c(ccc(-c5ccc(-c6nc(-c7ccccc7)cc(-c7ccccc7)n6)c6ccccc56)c24)-c2ccccc2-3)cc1. The molecule has 0 saturated heterocycles. The molecule has 3 nitrogen and oxygen atoms in total. The van der Waals surface area contributed by atoms with Crippen molar-refractivity contribution in [2.45, 2.75) is 0 Å². The molecule has 1 aliphatic carbocycles. The van der Waals surface area contributed by atoms with Crippen LogP contribution in [0.25, 0.3) is 100.0 Å². The van der Waals surface area contributed by atoms with E-state index in [2.05, 4.69) is 133 Å². The lowest BCUT2D eigenvalue weighted by Gasteiger charge is -2.18. The van der Waals surface area contributed by atoms with Gasteiger partial charge in [0.2, 0.25) is 0 Å². The lowest BCUT2D eigenvalue weighted by Crippen LogP contribution is -1.97. The van der Waals surface area contributed by atoms with Gasteiger partial charge in [-0.25, -0.2) is 9.97 Å². The highest BCUT2D eigenvalue weighted by molar-refractivity contribution is 6.24. The number of rotatable bonds is 5. The molecule has 0 saturated carbocycles. The molecule has 9 aromatic rings. The molecule has 1 aromatic heterocycles. The van der Waals surface area contributed by atoms with E-state index < -0.39 is 0 Å². The summed E-state index contributed by atoms with van der Waals surface area (Å²) in [5.41, 5.74) is 15.1. The second kappa shape index (κ2) is 12.0. The van der Waals surface area contributed by atoms with E-state index in [1.165, 1.54) is 38.6 Å². The molecule has 0 atom stereocenters. The Morgan fingerprint density at radius 1 is 0.346 bits per heavy atom. The molecule has 0 fully saturated rings. The Kier molecular flexibility index (Phi) is 6.87. The third-order valence-electron chi connectivity index (χ3n) is 10.3. The van der Waals surface area contributed by atoms with Crippen LogP contribution in [0.2, 0.25) is 0 Å². The molecule has 0 spiro atoms. The van der Waals surface area contributed by atoms with Gasteiger partial charge < -0.3 is 0 Å². The lowest BCUT2D eigenvalue weighted by atomic mass is 9.86. The van der Waals surface area contributed by atoms with Gasteiger partial charge in [-0.15, -0.1) is 0 Å². The number of benzene rings is 8. The summed E-state index contributed by atoms with van der Waals surface area (Å²) in [6.07, 6.45) is 0. The lowest BCUT2D eigenvalue weighted by molar-refractivity contribution is 1.19. The summed E-state index contributed by atoms with van der Waals surface area (Å²) in [7, 11) is 0. The van der Waals surface area contributed by atoms with E-state index in [0.29, 0.717) is 11.4 Å². The van der Waals surface area contributed by atoms with Gasteiger partial charge in [0.05, 0.1) is 23.0 Å². The summed E-state index contributed by atoms with van der Waals surface area (Å²) in [4.78, 5) is 10.4. The summed E-state index contributed by atoms with van der Waals surface area (Å²) in [6.45, 7) is 0. The third-order valence-corrected chi connectivity index (χ3v) is 10.3. The summed E-state index contributed by atoms with van der Waals surface area (Å²) in [5.74, 6) is 0.692. The van der Waals surface area contributed by atoms with Crippen molar-refractivity contribution in [3.05, 3.63) is 181 Å². The highest BCUT2D eigenvalue weighted by Crippen LogP contribution is 2.52. The number of nitriles is 1. The minimum Gasteiger partial charge on any atom is -0.228 e. The van der Waals surface area contributed by atoms with E-state index in [4.69, 9.17) is 9.97 Å². The van der Waals surface area contributed by atoms with E-state index >= 15 is 0 Å². The first-order valence-electron chi connectivity index (χ1n) is 17.5. The fraction of sp³-hybridized carbons (Fsp3) is 0. The van der Waals surface area contributed by atoms with E-state index in [9.17, 15) is 5.26 Å². The molecule has 1 heterocycles. The van der Waals surface area contributed by atoms with Crippen LogP contribution in [-0.4, -0.2) is 9.97 Å². The van der Waals surface area contributed by atoms with Crippen LogP contribution in [0.3, 0.4) is 0 Å². The molecule has 240 valence electrons. The summed E-state index contributed by atoms with van der Waals surface area (Å²) in [6, 6.07) is 63.8. The van der Waals surface area contributed by atoms with Crippen LogP contribution in [-0.2, 0) is 0 Å². The topological polar surface area (TPSA) is 49.6 Å². The van der Waals surface area contributed by atoms with Gasteiger partial charge in [0.15, 0.2) is 5.82 Å². The molecule has 1 aliphatic rings. The van der Waals surface area contributed by atoms with Crippen molar-refractivity contribution in [2.24, 2.45) is 0 Å². The van der Waals surface area contributed by atoms with Crippen LogP contribution in [0.1, 0.15) is 5.56 Å². The third kappa shape index (κ3) is 4.74. The first kappa shape index (κ1) is 29.7. The van der Waals surface area contributed by atoms with Crippen molar-refractivity contribution in [3.8, 4) is 84.5 Å². The number of fused-ring (bicyclic) bond motifs is 4. The first-order chi connectivity index (χ1) is 25.7. The Labute approximate surface area is 301 Å². The minimum atomic E-state index is 0.651. The predicted molar refractivity (Wildman–Crippen MR) is 213 cm³/mol. The predicted octanol–water partition coefficient (Wildman–Crippen LogP) is 12.6. The molecule has 3 heteroatoms. The number of aromatic nitrogens is 2. The van der Waals surface area contributed by atoms with E-state index in [1.54, 1.807) is 0 Å².